The monoisotopic (exact) mass is 428 g/mol. The fourth-order valence-electron chi connectivity index (χ4n) is 3.73. The van der Waals surface area contributed by atoms with E-state index in [1.807, 2.05) is 48.9 Å². The Hall–Kier alpha value is -3.06. The first-order valence-electron chi connectivity index (χ1n) is 9.82. The van der Waals surface area contributed by atoms with E-state index in [2.05, 4.69) is 10.1 Å². The predicted octanol–water partition coefficient (Wildman–Crippen LogP) is 4.30. The van der Waals surface area contributed by atoms with Gasteiger partial charge in [-0.2, -0.15) is 0 Å². The lowest BCUT2D eigenvalue weighted by atomic mass is 9.89. The highest BCUT2D eigenvalue weighted by Gasteiger charge is 2.29. The summed E-state index contributed by atoms with van der Waals surface area (Å²) in [4.78, 5) is 18.4. The van der Waals surface area contributed by atoms with Crippen molar-refractivity contribution in [2.75, 3.05) is 20.2 Å². The zero-order valence-electron chi connectivity index (χ0n) is 17.3. The SMILES string of the molecule is CCN(CC)C(=O)Oc1nn(-c2ccncc2)c2c1-c1ccc(OC)cc1CC2.Cl. The number of aromatic nitrogens is 3. The maximum absolute atomic E-state index is 12.6. The Kier molecular flexibility index (Phi) is 6.62. The van der Waals surface area contributed by atoms with Crippen molar-refractivity contribution in [1.82, 2.24) is 19.7 Å². The number of benzene rings is 1. The van der Waals surface area contributed by atoms with Crippen LogP contribution in [0.1, 0.15) is 25.1 Å². The summed E-state index contributed by atoms with van der Waals surface area (Å²) < 4.78 is 13.0. The maximum atomic E-state index is 12.6. The molecule has 0 spiro atoms. The summed E-state index contributed by atoms with van der Waals surface area (Å²) in [6.45, 7) is 5.02. The Morgan fingerprint density at radius 3 is 2.53 bits per heavy atom. The molecule has 0 unspecified atom stereocenters. The Bertz CT molecular complexity index is 1030. The Morgan fingerprint density at radius 1 is 1.13 bits per heavy atom. The van der Waals surface area contributed by atoms with E-state index < -0.39 is 6.09 Å². The number of hydrogen-bond acceptors (Lipinski definition) is 5. The molecule has 0 saturated carbocycles. The summed E-state index contributed by atoms with van der Waals surface area (Å²) in [6.07, 6.45) is 4.71. The zero-order valence-corrected chi connectivity index (χ0v) is 18.1. The molecule has 158 valence electrons. The van der Waals surface area contributed by atoms with Crippen LogP contribution in [-0.2, 0) is 12.8 Å². The van der Waals surface area contributed by atoms with Gasteiger partial charge in [-0.25, -0.2) is 9.48 Å². The van der Waals surface area contributed by atoms with E-state index in [-0.39, 0.29) is 12.4 Å². The quantitative estimate of drug-likeness (QED) is 0.605. The van der Waals surface area contributed by atoms with E-state index in [1.165, 1.54) is 0 Å². The lowest BCUT2D eigenvalue weighted by molar-refractivity contribution is 0.155. The molecule has 0 atom stereocenters. The Balaban J connectivity index is 0.00000256. The van der Waals surface area contributed by atoms with E-state index >= 15 is 0 Å². The van der Waals surface area contributed by atoms with Crippen LogP contribution >= 0.6 is 12.4 Å². The summed E-state index contributed by atoms with van der Waals surface area (Å²) in [5.74, 6) is 1.15. The molecule has 7 nitrogen and oxygen atoms in total. The first-order chi connectivity index (χ1) is 14.2. The van der Waals surface area contributed by atoms with Crippen molar-refractivity contribution in [3.8, 4) is 28.4 Å². The van der Waals surface area contributed by atoms with Crippen LogP contribution in [0.25, 0.3) is 16.8 Å². The standard InChI is InChI=1S/C22H24N4O3.ClH/c1-4-25(5-2)22(27)29-21-20-18-8-7-17(28-3)14-15(18)6-9-19(20)26(24-21)16-10-12-23-13-11-16;/h7-8,10-14H,4-6,9H2,1-3H3;1H. The van der Waals surface area contributed by atoms with Gasteiger partial charge in [0.1, 0.15) is 5.75 Å². The molecule has 0 aliphatic heterocycles. The van der Waals surface area contributed by atoms with Crippen LogP contribution < -0.4 is 9.47 Å². The molecule has 8 heteroatoms. The number of carbonyl (C=O) groups excluding carboxylic acids is 1. The molecular weight excluding hydrogens is 404 g/mol. The number of nitrogens with zero attached hydrogens (tertiary/aromatic N) is 4. The molecule has 1 amide bonds. The van der Waals surface area contributed by atoms with Crippen LogP contribution in [0, 0.1) is 0 Å². The van der Waals surface area contributed by atoms with Gasteiger partial charge in [-0.1, -0.05) is 6.07 Å². The summed E-state index contributed by atoms with van der Waals surface area (Å²) in [5.41, 5.74) is 4.96. The molecule has 1 aliphatic carbocycles. The van der Waals surface area contributed by atoms with Crippen molar-refractivity contribution in [3.05, 3.63) is 54.0 Å². The molecule has 0 radical (unpaired) electrons. The van der Waals surface area contributed by atoms with Crippen LogP contribution in [0.2, 0.25) is 0 Å². The number of pyridine rings is 1. The van der Waals surface area contributed by atoms with Gasteiger partial charge in [0.05, 0.1) is 24.1 Å². The van der Waals surface area contributed by atoms with Crippen molar-refractivity contribution in [2.24, 2.45) is 0 Å². The summed E-state index contributed by atoms with van der Waals surface area (Å²) in [6, 6.07) is 9.77. The van der Waals surface area contributed by atoms with Crippen LogP contribution in [0.3, 0.4) is 0 Å². The minimum Gasteiger partial charge on any atom is -0.497 e. The van der Waals surface area contributed by atoms with Crippen molar-refractivity contribution in [3.63, 3.8) is 0 Å². The molecule has 30 heavy (non-hydrogen) atoms. The topological polar surface area (TPSA) is 69.5 Å². The number of halogens is 1. The van der Waals surface area contributed by atoms with Crippen LogP contribution in [0.4, 0.5) is 4.79 Å². The number of ether oxygens (including phenoxy) is 2. The Morgan fingerprint density at radius 2 is 1.87 bits per heavy atom. The van der Waals surface area contributed by atoms with Gasteiger partial charge >= 0.3 is 6.09 Å². The Labute approximate surface area is 182 Å². The second-order valence-electron chi connectivity index (χ2n) is 6.81. The van der Waals surface area contributed by atoms with Crippen molar-refractivity contribution in [1.29, 1.82) is 0 Å². The molecule has 3 aromatic rings. The average molecular weight is 429 g/mol. The fraction of sp³-hybridized carbons (Fsp3) is 0.318. The number of rotatable bonds is 5. The van der Waals surface area contributed by atoms with Gasteiger partial charge in [0.2, 0.25) is 0 Å². The van der Waals surface area contributed by atoms with Crippen molar-refractivity contribution >= 4 is 18.5 Å². The molecule has 0 N–H and O–H groups in total. The highest BCUT2D eigenvalue weighted by molar-refractivity contribution is 5.85. The second kappa shape index (κ2) is 9.17. The van der Waals surface area contributed by atoms with E-state index in [1.54, 1.807) is 24.4 Å². The molecular formula is C22H25ClN4O3. The lowest BCUT2D eigenvalue weighted by Crippen LogP contribution is -2.33. The first kappa shape index (κ1) is 21.6. The summed E-state index contributed by atoms with van der Waals surface area (Å²) in [7, 11) is 1.66. The third kappa shape index (κ3) is 3.85. The van der Waals surface area contributed by atoms with Crippen LogP contribution in [-0.4, -0.2) is 46.0 Å². The molecule has 0 saturated heterocycles. The number of aryl methyl sites for hydroxylation is 1. The summed E-state index contributed by atoms with van der Waals surface area (Å²) in [5, 5.41) is 4.68. The molecule has 2 aromatic heterocycles. The minimum absolute atomic E-state index is 0. The number of hydrogen-bond donors (Lipinski definition) is 0. The maximum Gasteiger partial charge on any atom is 0.416 e. The smallest absolute Gasteiger partial charge is 0.416 e. The molecule has 4 rings (SSSR count). The van der Waals surface area contributed by atoms with Gasteiger partial charge in [-0.05, 0) is 62.1 Å². The van der Waals surface area contributed by atoms with Gasteiger partial charge in [-0.3, -0.25) is 4.98 Å². The van der Waals surface area contributed by atoms with Gasteiger partial charge < -0.3 is 14.4 Å². The minimum atomic E-state index is -0.391. The number of methoxy groups -OCH3 is 1. The van der Waals surface area contributed by atoms with E-state index in [9.17, 15) is 4.79 Å². The van der Waals surface area contributed by atoms with Crippen molar-refractivity contribution in [2.45, 2.75) is 26.7 Å². The highest BCUT2D eigenvalue weighted by Crippen LogP contribution is 2.42. The molecule has 1 aliphatic rings. The lowest BCUT2D eigenvalue weighted by Gasteiger charge is -2.20. The number of carbonyl (C=O) groups is 1. The summed E-state index contributed by atoms with van der Waals surface area (Å²) >= 11 is 0. The van der Waals surface area contributed by atoms with Gasteiger partial charge in [0, 0.05) is 25.5 Å². The van der Waals surface area contributed by atoms with E-state index in [4.69, 9.17) is 9.47 Å². The van der Waals surface area contributed by atoms with Crippen LogP contribution in [0.15, 0.2) is 42.7 Å². The van der Waals surface area contributed by atoms with Gasteiger partial charge in [-0.15, -0.1) is 17.5 Å². The van der Waals surface area contributed by atoms with Gasteiger partial charge in [0.25, 0.3) is 5.88 Å². The number of fused-ring (bicyclic) bond motifs is 3. The normalized spacial score (nSPS) is 11.7. The highest BCUT2D eigenvalue weighted by atomic mass is 35.5. The largest absolute Gasteiger partial charge is 0.497 e. The fourth-order valence-corrected chi connectivity index (χ4v) is 3.73. The third-order valence-corrected chi connectivity index (χ3v) is 5.27. The molecule has 1 aromatic carbocycles. The van der Waals surface area contributed by atoms with E-state index in [0.29, 0.717) is 19.0 Å². The average Bonchev–Trinajstić information content (AvgIpc) is 3.13. The van der Waals surface area contributed by atoms with Crippen molar-refractivity contribution < 1.29 is 14.3 Å². The van der Waals surface area contributed by atoms with E-state index in [0.717, 1.165) is 46.7 Å². The molecule has 2 heterocycles. The first-order valence-corrected chi connectivity index (χ1v) is 9.82. The van der Waals surface area contributed by atoms with Gasteiger partial charge in [0.15, 0.2) is 0 Å². The molecule has 0 bridgehead atoms. The number of amides is 1. The molecule has 0 fully saturated rings. The van der Waals surface area contributed by atoms with Crippen LogP contribution in [0.5, 0.6) is 11.6 Å². The third-order valence-electron chi connectivity index (χ3n) is 5.27. The zero-order chi connectivity index (χ0) is 20.4. The predicted molar refractivity (Wildman–Crippen MR) is 117 cm³/mol. The second-order valence-corrected chi connectivity index (χ2v) is 6.81.